The fourth-order valence-corrected chi connectivity index (χ4v) is 2.16. The molecular weight excluding hydrogens is 240 g/mol. The third-order valence-corrected chi connectivity index (χ3v) is 3.04. The van der Waals surface area contributed by atoms with Crippen LogP contribution in [-0.4, -0.2) is 16.2 Å². The molecule has 0 fully saturated rings. The quantitative estimate of drug-likeness (QED) is 0.614. The molecule has 0 aliphatic rings. The van der Waals surface area contributed by atoms with Crippen molar-refractivity contribution in [1.82, 2.24) is 15.0 Å². The van der Waals surface area contributed by atoms with E-state index in [2.05, 4.69) is 21.9 Å². The predicted octanol–water partition coefficient (Wildman–Crippen LogP) is 1.85. The molecule has 2 rings (SSSR count). The van der Waals surface area contributed by atoms with Gasteiger partial charge in [-0.15, -0.1) is 0 Å². The third-order valence-electron chi connectivity index (χ3n) is 3.04. The molecule has 0 bridgehead atoms. The molecule has 0 aliphatic carbocycles. The Morgan fingerprint density at radius 3 is 2.84 bits per heavy atom. The van der Waals surface area contributed by atoms with Crippen LogP contribution in [0.3, 0.4) is 0 Å². The van der Waals surface area contributed by atoms with Crippen LogP contribution < -0.4 is 16.0 Å². The highest BCUT2D eigenvalue weighted by Crippen LogP contribution is 2.28. The van der Waals surface area contributed by atoms with E-state index < -0.39 is 0 Å². The Morgan fingerprint density at radius 2 is 2.16 bits per heavy atom. The van der Waals surface area contributed by atoms with Gasteiger partial charge in [-0.05, 0) is 19.9 Å². The second kappa shape index (κ2) is 6.36. The van der Waals surface area contributed by atoms with Crippen molar-refractivity contribution < 1.29 is 4.74 Å². The summed E-state index contributed by atoms with van der Waals surface area (Å²) < 4.78 is 7.72. The van der Waals surface area contributed by atoms with E-state index in [0.29, 0.717) is 6.61 Å². The van der Waals surface area contributed by atoms with Gasteiger partial charge in [-0.2, -0.15) is 0 Å². The van der Waals surface area contributed by atoms with Crippen molar-refractivity contribution in [1.29, 1.82) is 0 Å². The highest BCUT2D eigenvalue weighted by atomic mass is 16.5. The number of aromatic nitrogens is 2. The largest absolute Gasteiger partial charge is 0.494 e. The number of ether oxygens (including phenoxy) is 1. The van der Waals surface area contributed by atoms with Crippen LogP contribution >= 0.6 is 0 Å². The molecule has 5 nitrogen and oxygen atoms in total. The number of nitrogens with zero attached hydrogens (tertiary/aromatic N) is 2. The van der Waals surface area contributed by atoms with Crippen molar-refractivity contribution in [3.05, 3.63) is 48.0 Å². The van der Waals surface area contributed by atoms with Gasteiger partial charge in [0, 0.05) is 24.5 Å². The Balaban J connectivity index is 2.42. The molecule has 1 aromatic carbocycles. The zero-order valence-corrected chi connectivity index (χ0v) is 11.3. The first-order valence-corrected chi connectivity index (χ1v) is 6.50. The lowest BCUT2D eigenvalue weighted by atomic mass is 10.1. The Bertz CT molecular complexity index is 524. The molecule has 0 radical (unpaired) electrons. The zero-order valence-electron chi connectivity index (χ0n) is 11.3. The van der Waals surface area contributed by atoms with Gasteiger partial charge >= 0.3 is 0 Å². The fraction of sp³-hybridized carbons (Fsp3) is 0.357. The van der Waals surface area contributed by atoms with Crippen LogP contribution in [-0.2, 0) is 6.54 Å². The zero-order chi connectivity index (χ0) is 13.7. The van der Waals surface area contributed by atoms with Crippen molar-refractivity contribution >= 4 is 0 Å². The number of imidazole rings is 1. The van der Waals surface area contributed by atoms with Crippen molar-refractivity contribution in [2.45, 2.75) is 26.4 Å². The summed E-state index contributed by atoms with van der Waals surface area (Å²) in [6.07, 6.45) is 3.73. The number of aryl methyl sites for hydroxylation is 1. The number of para-hydroxylation sites is 1. The Hall–Kier alpha value is -1.85. The average molecular weight is 260 g/mol. The van der Waals surface area contributed by atoms with Crippen LogP contribution in [0.25, 0.3) is 0 Å². The van der Waals surface area contributed by atoms with Gasteiger partial charge in [-0.3, -0.25) is 5.84 Å². The van der Waals surface area contributed by atoms with Gasteiger partial charge < -0.3 is 9.30 Å². The van der Waals surface area contributed by atoms with Gasteiger partial charge in [-0.25, -0.2) is 10.4 Å². The van der Waals surface area contributed by atoms with E-state index in [4.69, 9.17) is 10.6 Å². The second-order valence-corrected chi connectivity index (χ2v) is 4.14. The highest BCUT2D eigenvalue weighted by molar-refractivity contribution is 5.39. The van der Waals surface area contributed by atoms with E-state index in [1.807, 2.05) is 37.4 Å². The first kappa shape index (κ1) is 13.6. The number of nitrogens with one attached hydrogen (secondary N) is 1. The molecule has 0 spiro atoms. The van der Waals surface area contributed by atoms with E-state index in [1.54, 1.807) is 6.20 Å². The normalized spacial score (nSPS) is 12.4. The van der Waals surface area contributed by atoms with Crippen LogP contribution in [0.15, 0.2) is 36.7 Å². The number of rotatable bonds is 6. The molecule has 0 saturated carbocycles. The van der Waals surface area contributed by atoms with Gasteiger partial charge in [0.05, 0.1) is 6.61 Å². The van der Waals surface area contributed by atoms with Gasteiger partial charge in [0.25, 0.3) is 0 Å². The minimum absolute atomic E-state index is 0.183. The van der Waals surface area contributed by atoms with E-state index >= 15 is 0 Å². The monoisotopic (exact) mass is 260 g/mol. The summed E-state index contributed by atoms with van der Waals surface area (Å²) in [4.78, 5) is 4.40. The van der Waals surface area contributed by atoms with Crippen LogP contribution in [0.2, 0.25) is 0 Å². The minimum Gasteiger partial charge on any atom is -0.494 e. The topological polar surface area (TPSA) is 65.1 Å². The standard InChI is InChI=1S/C14H20N4O/c1-3-18-10-9-16-14(18)13(17-15)11-7-5-6-8-12(11)19-4-2/h5-10,13,17H,3-4,15H2,1-2H3. The minimum atomic E-state index is -0.183. The molecule has 0 aliphatic heterocycles. The van der Waals surface area contributed by atoms with Crippen molar-refractivity contribution in [2.75, 3.05) is 6.61 Å². The van der Waals surface area contributed by atoms with E-state index in [1.165, 1.54) is 0 Å². The lowest BCUT2D eigenvalue weighted by Crippen LogP contribution is -2.31. The molecule has 0 amide bonds. The summed E-state index contributed by atoms with van der Waals surface area (Å²) in [5.74, 6) is 7.44. The Morgan fingerprint density at radius 1 is 1.37 bits per heavy atom. The molecule has 3 N–H and O–H groups in total. The summed E-state index contributed by atoms with van der Waals surface area (Å²) in [6.45, 7) is 5.52. The lowest BCUT2D eigenvalue weighted by Gasteiger charge is -2.20. The van der Waals surface area contributed by atoms with Gasteiger partial charge in [0.1, 0.15) is 17.6 Å². The maximum absolute atomic E-state index is 5.73. The van der Waals surface area contributed by atoms with Crippen LogP contribution in [0.4, 0.5) is 0 Å². The van der Waals surface area contributed by atoms with Crippen molar-refractivity contribution in [3.63, 3.8) is 0 Å². The van der Waals surface area contributed by atoms with Crippen LogP contribution in [0.5, 0.6) is 5.75 Å². The first-order chi connectivity index (χ1) is 9.31. The molecule has 1 unspecified atom stereocenters. The maximum Gasteiger partial charge on any atom is 0.131 e. The maximum atomic E-state index is 5.73. The number of hydrogen-bond donors (Lipinski definition) is 2. The average Bonchev–Trinajstić information content (AvgIpc) is 2.90. The molecule has 1 heterocycles. The van der Waals surface area contributed by atoms with Crippen LogP contribution in [0.1, 0.15) is 31.3 Å². The lowest BCUT2D eigenvalue weighted by molar-refractivity contribution is 0.332. The summed E-state index contributed by atoms with van der Waals surface area (Å²) in [6, 6.07) is 7.69. The molecule has 102 valence electrons. The van der Waals surface area contributed by atoms with Gasteiger partial charge in [0.15, 0.2) is 0 Å². The predicted molar refractivity (Wildman–Crippen MR) is 74.7 cm³/mol. The van der Waals surface area contributed by atoms with Crippen molar-refractivity contribution in [3.8, 4) is 5.75 Å². The van der Waals surface area contributed by atoms with Gasteiger partial charge in [-0.1, -0.05) is 18.2 Å². The molecule has 1 aromatic heterocycles. The van der Waals surface area contributed by atoms with E-state index in [9.17, 15) is 0 Å². The molecular formula is C14H20N4O. The van der Waals surface area contributed by atoms with Gasteiger partial charge in [0.2, 0.25) is 0 Å². The molecule has 2 aromatic rings. The molecule has 1 atom stereocenters. The number of nitrogens with two attached hydrogens (primary N) is 1. The third kappa shape index (κ3) is 2.77. The Labute approximate surface area is 113 Å². The number of hydrogen-bond acceptors (Lipinski definition) is 4. The molecule has 19 heavy (non-hydrogen) atoms. The van der Waals surface area contributed by atoms with E-state index in [0.717, 1.165) is 23.7 Å². The smallest absolute Gasteiger partial charge is 0.131 e. The molecule has 5 heteroatoms. The first-order valence-electron chi connectivity index (χ1n) is 6.50. The number of benzene rings is 1. The summed E-state index contributed by atoms with van der Waals surface area (Å²) in [5, 5.41) is 0. The van der Waals surface area contributed by atoms with Crippen molar-refractivity contribution in [2.24, 2.45) is 5.84 Å². The molecule has 0 saturated heterocycles. The Kier molecular flexibility index (Phi) is 4.54. The SMILES string of the molecule is CCOc1ccccc1C(NN)c1nccn1CC. The fourth-order valence-electron chi connectivity index (χ4n) is 2.16. The second-order valence-electron chi connectivity index (χ2n) is 4.14. The highest BCUT2D eigenvalue weighted by Gasteiger charge is 2.20. The summed E-state index contributed by atoms with van der Waals surface area (Å²) in [5.41, 5.74) is 3.82. The number of hydrazine groups is 1. The summed E-state index contributed by atoms with van der Waals surface area (Å²) in [7, 11) is 0. The van der Waals surface area contributed by atoms with Crippen LogP contribution in [0, 0.1) is 0 Å². The summed E-state index contributed by atoms with van der Waals surface area (Å²) >= 11 is 0. The van der Waals surface area contributed by atoms with E-state index in [-0.39, 0.29) is 6.04 Å².